The van der Waals surface area contributed by atoms with E-state index in [0.29, 0.717) is 29.3 Å². The number of nitrogens with zero attached hydrogens (tertiary/aromatic N) is 2. The van der Waals surface area contributed by atoms with Crippen LogP contribution in [0.1, 0.15) is 28.2 Å². The van der Waals surface area contributed by atoms with Crippen molar-refractivity contribution >= 4 is 12.6 Å². The molecular weight excluding hydrogens is 442 g/mol. The van der Waals surface area contributed by atoms with Gasteiger partial charge >= 0.3 is 12.4 Å². The van der Waals surface area contributed by atoms with Crippen molar-refractivity contribution in [3.05, 3.63) is 82.8 Å². The first-order valence-electron chi connectivity index (χ1n) is 9.03. The molecule has 1 heterocycles. The van der Waals surface area contributed by atoms with Crippen molar-refractivity contribution in [1.29, 1.82) is 0 Å². The summed E-state index contributed by atoms with van der Waals surface area (Å²) in [4.78, 5) is 8.53. The first-order valence-corrected chi connectivity index (χ1v) is 9.67. The van der Waals surface area contributed by atoms with Crippen LogP contribution in [0.5, 0.6) is 11.6 Å². The van der Waals surface area contributed by atoms with Crippen molar-refractivity contribution < 1.29 is 31.1 Å². The number of ether oxygens (including phenoxy) is 1. The maximum Gasteiger partial charge on any atom is 0.416 e. The molecular formula is C21H16F6N2OS. The van der Waals surface area contributed by atoms with Crippen LogP contribution in [0.3, 0.4) is 0 Å². The molecule has 0 bridgehead atoms. The van der Waals surface area contributed by atoms with E-state index in [9.17, 15) is 26.3 Å². The van der Waals surface area contributed by atoms with E-state index in [2.05, 4.69) is 22.6 Å². The van der Waals surface area contributed by atoms with Gasteiger partial charge in [-0.1, -0.05) is 18.2 Å². The summed E-state index contributed by atoms with van der Waals surface area (Å²) >= 11 is 4.13. The van der Waals surface area contributed by atoms with Crippen molar-refractivity contribution in [2.45, 2.75) is 25.2 Å². The predicted molar refractivity (Wildman–Crippen MR) is 105 cm³/mol. The highest BCUT2D eigenvalue weighted by Gasteiger charge is 2.31. The van der Waals surface area contributed by atoms with E-state index in [1.807, 2.05) is 0 Å². The van der Waals surface area contributed by atoms with E-state index in [1.54, 1.807) is 6.07 Å². The van der Waals surface area contributed by atoms with Crippen LogP contribution in [0.15, 0.2) is 54.6 Å². The third kappa shape index (κ3) is 6.36. The second-order valence-corrected chi connectivity index (χ2v) is 7.03. The summed E-state index contributed by atoms with van der Waals surface area (Å²) in [5.41, 5.74) is -0.779. The Morgan fingerprint density at radius 2 is 1.48 bits per heavy atom. The number of halogens is 6. The minimum absolute atomic E-state index is 0.0773. The summed E-state index contributed by atoms with van der Waals surface area (Å²) in [5, 5.41) is 0. The fourth-order valence-electron chi connectivity index (χ4n) is 2.78. The van der Waals surface area contributed by atoms with Crippen LogP contribution in [0, 0.1) is 0 Å². The highest BCUT2D eigenvalue weighted by Crippen LogP contribution is 2.32. The van der Waals surface area contributed by atoms with Gasteiger partial charge in [0.05, 0.1) is 16.8 Å². The monoisotopic (exact) mass is 458 g/mol. The molecule has 0 radical (unpaired) electrons. The molecule has 3 nitrogen and oxygen atoms in total. The molecule has 10 heteroatoms. The number of hydrogen-bond acceptors (Lipinski definition) is 4. The van der Waals surface area contributed by atoms with Gasteiger partial charge in [0.1, 0.15) is 11.6 Å². The summed E-state index contributed by atoms with van der Waals surface area (Å²) in [5.74, 6) is 0.996. The molecule has 0 saturated carbocycles. The lowest BCUT2D eigenvalue weighted by atomic mass is 10.1. The third-order valence-corrected chi connectivity index (χ3v) is 4.40. The smallest absolute Gasteiger partial charge is 0.416 e. The SMILES string of the molecule is FC(F)(F)c1ccc(Oc2cc(Cc3cccc(C(F)(F)F)c3)nc(CCS)n2)cc1. The summed E-state index contributed by atoms with van der Waals surface area (Å²) in [6.07, 6.45) is -8.46. The minimum atomic E-state index is -4.47. The molecule has 2 aromatic carbocycles. The second-order valence-electron chi connectivity index (χ2n) is 6.59. The average Bonchev–Trinajstić information content (AvgIpc) is 2.67. The lowest BCUT2D eigenvalue weighted by Gasteiger charge is -2.11. The van der Waals surface area contributed by atoms with Crippen molar-refractivity contribution in [2.75, 3.05) is 5.75 Å². The van der Waals surface area contributed by atoms with Crippen LogP contribution in [-0.4, -0.2) is 15.7 Å². The Bertz CT molecular complexity index is 1040. The van der Waals surface area contributed by atoms with Crippen LogP contribution in [-0.2, 0) is 25.2 Å². The lowest BCUT2D eigenvalue weighted by molar-refractivity contribution is -0.138. The first kappa shape index (κ1) is 22.9. The molecule has 0 aliphatic rings. The van der Waals surface area contributed by atoms with Gasteiger partial charge in [0.2, 0.25) is 5.88 Å². The van der Waals surface area contributed by atoms with Crippen molar-refractivity contribution in [3.63, 3.8) is 0 Å². The van der Waals surface area contributed by atoms with Gasteiger partial charge < -0.3 is 4.74 Å². The van der Waals surface area contributed by atoms with Gasteiger partial charge in [-0.25, -0.2) is 4.98 Å². The molecule has 0 amide bonds. The average molecular weight is 458 g/mol. The molecule has 3 rings (SSSR count). The minimum Gasteiger partial charge on any atom is -0.439 e. The van der Waals surface area contributed by atoms with E-state index < -0.39 is 23.5 Å². The predicted octanol–water partition coefficient (Wildman–Crippen LogP) is 6.37. The maximum absolute atomic E-state index is 13.0. The zero-order chi connectivity index (χ0) is 22.6. The molecule has 0 aliphatic heterocycles. The summed E-state index contributed by atoms with van der Waals surface area (Å²) in [7, 11) is 0. The largest absolute Gasteiger partial charge is 0.439 e. The van der Waals surface area contributed by atoms with Gasteiger partial charge in [0, 0.05) is 18.9 Å². The van der Waals surface area contributed by atoms with E-state index in [0.717, 1.165) is 36.4 Å². The molecule has 0 aliphatic carbocycles. The van der Waals surface area contributed by atoms with Gasteiger partial charge in [-0.05, 0) is 41.6 Å². The summed E-state index contributed by atoms with van der Waals surface area (Å²) < 4.78 is 82.6. The zero-order valence-corrected chi connectivity index (χ0v) is 16.7. The van der Waals surface area contributed by atoms with Crippen molar-refractivity contribution in [3.8, 4) is 11.6 Å². The second kappa shape index (κ2) is 9.17. The topological polar surface area (TPSA) is 35.0 Å². The molecule has 0 spiro atoms. The Hall–Kier alpha value is -2.75. The number of hydrogen-bond donors (Lipinski definition) is 1. The molecule has 3 aromatic rings. The number of thiol groups is 1. The third-order valence-electron chi connectivity index (χ3n) is 4.18. The number of rotatable bonds is 6. The van der Waals surface area contributed by atoms with Crippen LogP contribution in [0.2, 0.25) is 0 Å². The van der Waals surface area contributed by atoms with Gasteiger partial charge in [0.25, 0.3) is 0 Å². The van der Waals surface area contributed by atoms with Gasteiger partial charge in [-0.2, -0.15) is 44.0 Å². The molecule has 0 N–H and O–H groups in total. The molecule has 164 valence electrons. The lowest BCUT2D eigenvalue weighted by Crippen LogP contribution is -2.07. The molecule has 0 unspecified atom stereocenters. The zero-order valence-electron chi connectivity index (χ0n) is 15.8. The Morgan fingerprint density at radius 1 is 0.806 bits per heavy atom. The summed E-state index contributed by atoms with van der Waals surface area (Å²) in [6, 6.07) is 10.4. The normalized spacial score (nSPS) is 12.1. The quantitative estimate of drug-likeness (QED) is 0.344. The molecule has 0 fully saturated rings. The van der Waals surface area contributed by atoms with Gasteiger partial charge in [-0.3, -0.25) is 0 Å². The number of alkyl halides is 6. The van der Waals surface area contributed by atoms with E-state index in [-0.39, 0.29) is 18.1 Å². The Kier molecular flexibility index (Phi) is 6.78. The van der Waals surface area contributed by atoms with Crippen molar-refractivity contribution in [2.24, 2.45) is 0 Å². The number of aryl methyl sites for hydroxylation is 1. The highest BCUT2D eigenvalue weighted by atomic mass is 32.1. The first-order chi connectivity index (χ1) is 14.5. The van der Waals surface area contributed by atoms with Crippen LogP contribution in [0.4, 0.5) is 26.3 Å². The van der Waals surface area contributed by atoms with E-state index in [4.69, 9.17) is 4.74 Å². The standard InChI is InChI=1S/C21H16F6N2OS/c22-20(23,24)14-4-6-17(7-5-14)30-19-12-16(28-18(29-19)8-9-31)11-13-2-1-3-15(10-13)21(25,26)27/h1-7,10,12,31H,8-9,11H2. The Morgan fingerprint density at radius 3 is 2.10 bits per heavy atom. The fraction of sp³-hybridized carbons (Fsp3) is 0.238. The number of aromatic nitrogens is 2. The van der Waals surface area contributed by atoms with Gasteiger partial charge in [-0.15, -0.1) is 0 Å². The van der Waals surface area contributed by atoms with Gasteiger partial charge in [0.15, 0.2) is 0 Å². The Labute approximate surface area is 179 Å². The van der Waals surface area contributed by atoms with Crippen LogP contribution >= 0.6 is 12.6 Å². The molecule has 31 heavy (non-hydrogen) atoms. The van der Waals surface area contributed by atoms with Crippen LogP contribution in [0.25, 0.3) is 0 Å². The Balaban J connectivity index is 1.86. The fourth-order valence-corrected chi connectivity index (χ4v) is 2.98. The number of benzene rings is 2. The highest BCUT2D eigenvalue weighted by molar-refractivity contribution is 7.80. The molecule has 1 aromatic heterocycles. The summed E-state index contributed by atoms with van der Waals surface area (Å²) in [6.45, 7) is 0. The van der Waals surface area contributed by atoms with E-state index >= 15 is 0 Å². The molecule has 0 atom stereocenters. The van der Waals surface area contributed by atoms with Crippen molar-refractivity contribution in [1.82, 2.24) is 9.97 Å². The van der Waals surface area contributed by atoms with Crippen LogP contribution < -0.4 is 4.74 Å². The molecule has 0 saturated heterocycles. The maximum atomic E-state index is 13.0. The van der Waals surface area contributed by atoms with E-state index in [1.165, 1.54) is 12.1 Å².